The molecule has 0 saturated carbocycles. The lowest BCUT2D eigenvalue weighted by molar-refractivity contribution is -0.129. The monoisotopic (exact) mass is 648 g/mol. The van der Waals surface area contributed by atoms with Crippen LogP contribution in [0.3, 0.4) is 0 Å². The average molecular weight is 649 g/mol. The Kier molecular flexibility index (Phi) is 15.7. The van der Waals surface area contributed by atoms with E-state index in [-0.39, 0.29) is 29.9 Å². The van der Waals surface area contributed by atoms with Crippen LogP contribution in [-0.2, 0) is 4.79 Å². The highest BCUT2D eigenvalue weighted by Crippen LogP contribution is 2.39. The summed E-state index contributed by atoms with van der Waals surface area (Å²) in [7, 11) is 0. The molecular weight excluding hydrogens is 594 g/mol. The highest BCUT2D eigenvalue weighted by molar-refractivity contribution is 6.05. The fourth-order valence-corrected chi connectivity index (χ4v) is 6.04. The van der Waals surface area contributed by atoms with E-state index in [1.807, 2.05) is 26.0 Å². The van der Waals surface area contributed by atoms with Crippen molar-refractivity contribution in [2.24, 2.45) is 17.8 Å². The van der Waals surface area contributed by atoms with Gasteiger partial charge in [0.1, 0.15) is 11.9 Å². The maximum atomic E-state index is 14.2. The van der Waals surface area contributed by atoms with Gasteiger partial charge in [0.15, 0.2) is 0 Å². The van der Waals surface area contributed by atoms with Crippen molar-refractivity contribution in [1.82, 2.24) is 0 Å². The number of aliphatic hydroxyl groups is 1. The Morgan fingerprint density at radius 3 is 2.36 bits per heavy atom. The second-order valence-corrected chi connectivity index (χ2v) is 13.2. The van der Waals surface area contributed by atoms with E-state index < -0.39 is 24.0 Å². The van der Waals surface area contributed by atoms with Crippen LogP contribution >= 0.6 is 0 Å². The summed E-state index contributed by atoms with van der Waals surface area (Å²) in [6.45, 7) is 17.1. The minimum Gasteiger partial charge on any atom is -0.386 e. The third-order valence-electron chi connectivity index (χ3n) is 9.40. The Morgan fingerprint density at radius 2 is 1.77 bits per heavy atom. The number of nitrogens with zero attached hydrogens (tertiary/aromatic N) is 1. The van der Waals surface area contributed by atoms with Crippen molar-refractivity contribution in [2.45, 2.75) is 118 Å². The zero-order chi connectivity index (χ0) is 35.3. The topological polar surface area (TPSA) is 90.2 Å². The number of aryl methyl sites for hydroxylation is 1. The van der Waals surface area contributed by atoms with Crippen LogP contribution in [-0.4, -0.2) is 28.8 Å². The van der Waals surface area contributed by atoms with Gasteiger partial charge in [-0.1, -0.05) is 71.7 Å². The highest BCUT2D eigenvalue weighted by atomic mass is 19.3. The van der Waals surface area contributed by atoms with Crippen LogP contribution in [0.1, 0.15) is 125 Å². The zero-order valence-corrected chi connectivity index (χ0v) is 29.4. The van der Waals surface area contributed by atoms with Crippen LogP contribution < -0.4 is 5.32 Å². The van der Waals surface area contributed by atoms with E-state index in [2.05, 4.69) is 51.7 Å². The molecule has 2 N–H and O–H groups in total. The van der Waals surface area contributed by atoms with Gasteiger partial charge in [0.2, 0.25) is 0 Å². The summed E-state index contributed by atoms with van der Waals surface area (Å²) in [5, 5.41) is 22.4. The van der Waals surface area contributed by atoms with Crippen LogP contribution in [0.2, 0.25) is 0 Å². The fourth-order valence-electron chi connectivity index (χ4n) is 6.04. The van der Waals surface area contributed by atoms with Crippen LogP contribution in [0.15, 0.2) is 54.6 Å². The number of rotatable bonds is 19. The number of allylic oxidation sites excluding steroid dienone is 2. The van der Waals surface area contributed by atoms with Crippen molar-refractivity contribution in [1.29, 1.82) is 5.26 Å². The first-order valence-corrected chi connectivity index (χ1v) is 17.0. The number of Topliss-reactive ketones (excluding diaryl/α,β-unsaturated/α-hetero) is 1. The summed E-state index contributed by atoms with van der Waals surface area (Å²) in [6.07, 6.45) is 6.03. The standard InChI is InChI=1S/C40H54F2N2O3/c1-9-13-32(19-18-30(11-3)23-34(45)24-37(46)40(41,42)26(4)5)35(20-16-27(6)10-2)38-28(7)17-21-36(29(38)8)44-39(47)33-15-12-14-31(22-33)25-43/h12,14-15,17,20-22,27,30,32,37,46H,4,9-11,13,16,18-19,23-24H2,1-3,5-8H3,(H,44,47). The van der Waals surface area contributed by atoms with Crippen molar-refractivity contribution < 1.29 is 23.5 Å². The van der Waals surface area contributed by atoms with Gasteiger partial charge in [0.25, 0.3) is 11.8 Å². The van der Waals surface area contributed by atoms with Gasteiger partial charge < -0.3 is 10.4 Å². The number of nitrogens with one attached hydrogen (secondary N) is 1. The largest absolute Gasteiger partial charge is 0.386 e. The third-order valence-corrected chi connectivity index (χ3v) is 9.40. The lowest BCUT2D eigenvalue weighted by atomic mass is 9.78. The third kappa shape index (κ3) is 11.2. The predicted octanol–water partition coefficient (Wildman–Crippen LogP) is 10.4. The number of carbonyl (C=O) groups excluding carboxylic acids is 2. The van der Waals surface area contributed by atoms with E-state index in [0.29, 0.717) is 22.7 Å². The molecule has 7 heteroatoms. The first-order chi connectivity index (χ1) is 22.2. The molecule has 0 bridgehead atoms. The molecule has 2 aromatic rings. The molecule has 2 rings (SSSR count). The number of aliphatic hydroxyl groups excluding tert-OH is 1. The molecule has 0 radical (unpaired) electrons. The normalized spacial score (nSPS) is 14.5. The Labute approximate surface area is 281 Å². The van der Waals surface area contributed by atoms with E-state index >= 15 is 0 Å². The summed E-state index contributed by atoms with van der Waals surface area (Å²) in [5.74, 6) is -3.43. The Hall–Kier alpha value is -3.63. The SMILES string of the molecule is C=C(C)C(F)(F)C(O)CC(=O)CC(CC)CCC(CCC)C(=CCC(C)CC)c1c(C)ccc(NC(=O)c2cccc(C#N)c2)c1C. The number of halogens is 2. The van der Waals surface area contributed by atoms with Crippen LogP contribution in [0, 0.1) is 42.9 Å². The first kappa shape index (κ1) is 39.5. The Bertz CT molecular complexity index is 1460. The number of amides is 1. The van der Waals surface area contributed by atoms with Crippen LogP contribution in [0.5, 0.6) is 0 Å². The van der Waals surface area contributed by atoms with Gasteiger partial charge in [-0.05, 0) is 116 Å². The number of alkyl halides is 2. The van der Waals surface area contributed by atoms with Crippen molar-refractivity contribution >= 4 is 23.0 Å². The molecule has 0 aliphatic rings. The number of carbonyl (C=O) groups is 2. The number of hydrogen-bond acceptors (Lipinski definition) is 4. The molecule has 0 aromatic heterocycles. The lowest BCUT2D eigenvalue weighted by Gasteiger charge is -2.27. The summed E-state index contributed by atoms with van der Waals surface area (Å²) < 4.78 is 28.4. The van der Waals surface area contributed by atoms with Crippen LogP contribution in [0.4, 0.5) is 14.5 Å². The molecule has 1 amide bonds. The van der Waals surface area contributed by atoms with Gasteiger partial charge >= 0.3 is 0 Å². The quantitative estimate of drug-likeness (QED) is 0.148. The summed E-state index contributed by atoms with van der Waals surface area (Å²) in [4.78, 5) is 26.0. The highest BCUT2D eigenvalue weighted by Gasteiger charge is 2.40. The van der Waals surface area contributed by atoms with Crippen molar-refractivity contribution in [3.63, 3.8) is 0 Å². The number of ketones is 1. The minimum absolute atomic E-state index is 0.0142. The van der Waals surface area contributed by atoms with Gasteiger partial charge in [0, 0.05) is 24.1 Å². The Balaban J connectivity index is 2.40. The molecule has 0 aliphatic heterocycles. The number of hydrogen-bond donors (Lipinski definition) is 2. The van der Waals surface area contributed by atoms with Gasteiger partial charge in [-0.15, -0.1) is 0 Å². The van der Waals surface area contributed by atoms with Crippen molar-refractivity contribution in [2.75, 3.05) is 5.32 Å². The maximum Gasteiger partial charge on any atom is 0.294 e. The fraction of sp³-hybridized carbons (Fsp3) is 0.525. The van der Waals surface area contributed by atoms with E-state index in [0.717, 1.165) is 68.6 Å². The molecule has 0 saturated heterocycles. The van der Waals surface area contributed by atoms with E-state index in [9.17, 15) is 28.7 Å². The smallest absolute Gasteiger partial charge is 0.294 e. The first-order valence-electron chi connectivity index (χ1n) is 17.0. The molecule has 256 valence electrons. The van der Waals surface area contributed by atoms with Crippen molar-refractivity contribution in [3.05, 3.63) is 82.4 Å². The van der Waals surface area contributed by atoms with E-state index in [4.69, 9.17) is 0 Å². The lowest BCUT2D eigenvalue weighted by Crippen LogP contribution is -2.36. The van der Waals surface area contributed by atoms with E-state index in [1.165, 1.54) is 5.57 Å². The zero-order valence-electron chi connectivity index (χ0n) is 29.4. The Morgan fingerprint density at radius 1 is 1.06 bits per heavy atom. The summed E-state index contributed by atoms with van der Waals surface area (Å²) in [6, 6.07) is 12.7. The molecule has 0 fully saturated rings. The van der Waals surface area contributed by atoms with Crippen LogP contribution in [0.25, 0.3) is 5.57 Å². The number of nitriles is 1. The molecule has 47 heavy (non-hydrogen) atoms. The number of benzene rings is 2. The summed E-state index contributed by atoms with van der Waals surface area (Å²) in [5.41, 5.74) is 5.53. The average Bonchev–Trinajstić information content (AvgIpc) is 3.04. The molecule has 4 unspecified atom stereocenters. The van der Waals surface area contributed by atoms with E-state index in [1.54, 1.807) is 24.3 Å². The second kappa shape index (κ2) is 18.6. The molecule has 0 heterocycles. The minimum atomic E-state index is -3.50. The van der Waals surface area contributed by atoms with Crippen molar-refractivity contribution in [3.8, 4) is 6.07 Å². The molecule has 5 nitrogen and oxygen atoms in total. The second-order valence-electron chi connectivity index (χ2n) is 13.2. The molecule has 4 atom stereocenters. The summed E-state index contributed by atoms with van der Waals surface area (Å²) >= 11 is 0. The van der Waals surface area contributed by atoms with Gasteiger partial charge in [0.05, 0.1) is 11.6 Å². The number of anilines is 1. The molecule has 2 aromatic carbocycles. The van der Waals surface area contributed by atoms with Gasteiger partial charge in [-0.25, -0.2) is 0 Å². The maximum absolute atomic E-state index is 14.2. The molecule has 0 spiro atoms. The molecule has 0 aliphatic carbocycles. The van der Waals surface area contributed by atoms with Gasteiger partial charge in [-0.2, -0.15) is 14.0 Å². The van der Waals surface area contributed by atoms with Gasteiger partial charge in [-0.3, -0.25) is 9.59 Å². The molecular formula is C40H54F2N2O3. The predicted molar refractivity (Wildman–Crippen MR) is 188 cm³/mol.